The van der Waals surface area contributed by atoms with Gasteiger partial charge in [-0.15, -0.1) is 0 Å². The van der Waals surface area contributed by atoms with Crippen LogP contribution in [-0.4, -0.2) is 37.2 Å². The monoisotopic (exact) mass is 925 g/mol. The quantitative estimate of drug-likeness (QED) is 0.0262. The lowest BCUT2D eigenvalue weighted by molar-refractivity contribution is -0.167. The van der Waals surface area contributed by atoms with E-state index in [-0.39, 0.29) is 31.1 Å². The highest BCUT2D eigenvalue weighted by Gasteiger charge is 2.19. The predicted octanol–water partition coefficient (Wildman–Crippen LogP) is 19.0. The molecule has 0 rings (SSSR count). The molecule has 0 N–H and O–H groups in total. The van der Waals surface area contributed by atoms with E-state index in [4.69, 9.17) is 14.2 Å². The fourth-order valence-corrected chi connectivity index (χ4v) is 8.21. The van der Waals surface area contributed by atoms with Crippen molar-refractivity contribution in [1.82, 2.24) is 0 Å². The number of unbranched alkanes of at least 4 members (excludes halogenated alkanes) is 33. The van der Waals surface area contributed by atoms with Gasteiger partial charge in [-0.1, -0.05) is 243 Å². The van der Waals surface area contributed by atoms with Crippen molar-refractivity contribution in [1.29, 1.82) is 0 Å². The van der Waals surface area contributed by atoms with Crippen LogP contribution in [-0.2, 0) is 28.6 Å². The minimum absolute atomic E-state index is 0.0752. The molecule has 1 unspecified atom stereocenters. The molecule has 0 aliphatic rings. The van der Waals surface area contributed by atoms with Crippen LogP contribution in [0.2, 0.25) is 0 Å². The Hall–Kier alpha value is -2.63. The Kier molecular flexibility index (Phi) is 52.8. The van der Waals surface area contributed by atoms with Gasteiger partial charge in [0.1, 0.15) is 13.2 Å². The van der Waals surface area contributed by atoms with E-state index in [9.17, 15) is 14.4 Å². The van der Waals surface area contributed by atoms with Gasteiger partial charge in [0, 0.05) is 19.3 Å². The molecule has 0 amide bonds. The zero-order valence-electron chi connectivity index (χ0n) is 44.0. The van der Waals surface area contributed by atoms with Gasteiger partial charge >= 0.3 is 17.9 Å². The van der Waals surface area contributed by atoms with E-state index in [0.29, 0.717) is 19.3 Å². The summed E-state index contributed by atoms with van der Waals surface area (Å²) in [6.07, 6.45) is 67.0. The van der Waals surface area contributed by atoms with Crippen molar-refractivity contribution in [3.63, 3.8) is 0 Å². The number of allylic oxidation sites excluding steroid dienone is 8. The number of hydrogen-bond acceptors (Lipinski definition) is 6. The summed E-state index contributed by atoms with van der Waals surface area (Å²) in [7, 11) is 0. The number of rotatable bonds is 52. The lowest BCUT2D eigenvalue weighted by Crippen LogP contribution is -2.30. The van der Waals surface area contributed by atoms with Crippen molar-refractivity contribution < 1.29 is 28.6 Å². The lowest BCUT2D eigenvalue weighted by atomic mass is 10.1. The van der Waals surface area contributed by atoms with Gasteiger partial charge in [0.2, 0.25) is 0 Å². The summed E-state index contributed by atoms with van der Waals surface area (Å²) in [6.45, 7) is 6.58. The van der Waals surface area contributed by atoms with E-state index in [2.05, 4.69) is 69.4 Å². The van der Waals surface area contributed by atoms with Crippen molar-refractivity contribution in [2.75, 3.05) is 13.2 Å². The van der Waals surface area contributed by atoms with Crippen molar-refractivity contribution in [3.05, 3.63) is 48.6 Å². The highest BCUT2D eigenvalue weighted by molar-refractivity contribution is 5.71. The number of hydrogen-bond donors (Lipinski definition) is 0. The zero-order valence-corrected chi connectivity index (χ0v) is 44.0. The second-order valence-corrected chi connectivity index (χ2v) is 19.2. The summed E-state index contributed by atoms with van der Waals surface area (Å²) in [5.74, 6) is -0.883. The Morgan fingerprint density at radius 1 is 0.303 bits per heavy atom. The maximum absolute atomic E-state index is 12.8. The second-order valence-electron chi connectivity index (χ2n) is 19.2. The van der Waals surface area contributed by atoms with Crippen LogP contribution in [0.25, 0.3) is 0 Å². The molecule has 6 heteroatoms. The first-order valence-electron chi connectivity index (χ1n) is 28.6. The first kappa shape index (κ1) is 63.4. The highest BCUT2D eigenvalue weighted by atomic mass is 16.6. The Labute approximate surface area is 409 Å². The second kappa shape index (κ2) is 55.0. The van der Waals surface area contributed by atoms with E-state index in [0.717, 1.165) is 77.0 Å². The molecule has 0 bridgehead atoms. The summed E-state index contributed by atoms with van der Waals surface area (Å²) < 4.78 is 16.8. The van der Waals surface area contributed by atoms with Crippen molar-refractivity contribution >= 4 is 17.9 Å². The van der Waals surface area contributed by atoms with E-state index in [1.54, 1.807) is 0 Å². The van der Waals surface area contributed by atoms with Gasteiger partial charge in [0.25, 0.3) is 0 Å². The average Bonchev–Trinajstić information content (AvgIpc) is 3.31. The number of carbonyl (C=O) groups excluding carboxylic acids is 3. The smallest absolute Gasteiger partial charge is 0.306 e. The SMILES string of the molecule is CCCCCCC/C=C\C/C=C\C/C=C\CCCCCCCCCCC(=O)OCC(COC(=O)CCCCCCCC)OC(=O)CCCCCCCCCCC/C=C\CCCCCCCC. The third-order valence-electron chi connectivity index (χ3n) is 12.6. The van der Waals surface area contributed by atoms with Crippen LogP contribution < -0.4 is 0 Å². The van der Waals surface area contributed by atoms with Crippen LogP contribution in [0, 0.1) is 0 Å². The summed E-state index contributed by atoms with van der Waals surface area (Å²) in [5, 5.41) is 0. The summed E-state index contributed by atoms with van der Waals surface area (Å²) in [4.78, 5) is 37.9. The summed E-state index contributed by atoms with van der Waals surface area (Å²) >= 11 is 0. The van der Waals surface area contributed by atoms with Crippen LogP contribution in [0.1, 0.15) is 297 Å². The Morgan fingerprint density at radius 3 is 0.864 bits per heavy atom. The van der Waals surface area contributed by atoms with Crippen molar-refractivity contribution in [2.45, 2.75) is 303 Å². The Balaban J connectivity index is 4.15. The molecule has 0 heterocycles. The van der Waals surface area contributed by atoms with E-state index in [1.807, 2.05) is 0 Å². The molecule has 0 spiro atoms. The first-order chi connectivity index (χ1) is 32.5. The molecular formula is C60H108O6. The number of ether oxygens (including phenoxy) is 3. The largest absolute Gasteiger partial charge is 0.462 e. The van der Waals surface area contributed by atoms with E-state index in [1.165, 1.54) is 180 Å². The molecule has 1 atom stereocenters. The molecule has 0 aromatic rings. The van der Waals surface area contributed by atoms with Gasteiger partial charge in [-0.3, -0.25) is 14.4 Å². The summed E-state index contributed by atoms with van der Waals surface area (Å²) in [5.41, 5.74) is 0. The fraction of sp³-hybridized carbons (Fsp3) is 0.817. The minimum Gasteiger partial charge on any atom is -0.462 e. The highest BCUT2D eigenvalue weighted by Crippen LogP contribution is 2.15. The van der Waals surface area contributed by atoms with E-state index < -0.39 is 6.10 Å². The van der Waals surface area contributed by atoms with Gasteiger partial charge in [-0.25, -0.2) is 0 Å². The molecule has 0 fully saturated rings. The zero-order chi connectivity index (χ0) is 47.9. The number of esters is 3. The van der Waals surface area contributed by atoms with Crippen LogP contribution >= 0.6 is 0 Å². The molecule has 384 valence electrons. The maximum Gasteiger partial charge on any atom is 0.306 e. The predicted molar refractivity (Wildman–Crippen MR) is 284 cm³/mol. The lowest BCUT2D eigenvalue weighted by Gasteiger charge is -2.18. The molecule has 0 aliphatic carbocycles. The van der Waals surface area contributed by atoms with Gasteiger partial charge in [0.15, 0.2) is 6.10 Å². The molecule has 0 aliphatic heterocycles. The van der Waals surface area contributed by atoms with Crippen LogP contribution in [0.4, 0.5) is 0 Å². The number of carbonyl (C=O) groups is 3. The molecule has 0 aromatic carbocycles. The first-order valence-corrected chi connectivity index (χ1v) is 28.6. The van der Waals surface area contributed by atoms with Crippen molar-refractivity contribution in [2.24, 2.45) is 0 Å². The molecular weight excluding hydrogens is 817 g/mol. The molecule has 0 radical (unpaired) electrons. The van der Waals surface area contributed by atoms with Gasteiger partial charge in [-0.05, 0) is 83.5 Å². The van der Waals surface area contributed by atoms with Gasteiger partial charge in [-0.2, -0.15) is 0 Å². The Bertz CT molecular complexity index is 1150. The molecule has 0 aromatic heterocycles. The topological polar surface area (TPSA) is 78.9 Å². The average molecular weight is 926 g/mol. The standard InChI is InChI=1S/C60H108O6/c1-4-7-10-13-16-18-20-22-24-26-28-29-30-31-33-34-36-38-40-42-44-47-50-53-59(62)65-56-57(55-64-58(61)52-49-46-15-12-9-6-3)66-60(63)54-51-48-45-43-41-39-37-35-32-27-25-23-21-19-17-14-11-8-5-2/h20,22-23,25-26,28,30-31,57H,4-19,21,24,27,29,32-56H2,1-3H3/b22-20-,25-23-,28-26-,31-30-. The Morgan fingerprint density at radius 2 is 0.545 bits per heavy atom. The van der Waals surface area contributed by atoms with Gasteiger partial charge < -0.3 is 14.2 Å². The van der Waals surface area contributed by atoms with Gasteiger partial charge in [0.05, 0.1) is 0 Å². The maximum atomic E-state index is 12.8. The van der Waals surface area contributed by atoms with Crippen molar-refractivity contribution in [3.8, 4) is 0 Å². The minimum atomic E-state index is -0.773. The van der Waals surface area contributed by atoms with Crippen LogP contribution in [0.15, 0.2) is 48.6 Å². The normalized spacial score (nSPS) is 12.3. The molecule has 66 heavy (non-hydrogen) atoms. The fourth-order valence-electron chi connectivity index (χ4n) is 8.21. The molecule has 6 nitrogen and oxygen atoms in total. The molecule has 0 saturated carbocycles. The van der Waals surface area contributed by atoms with Crippen LogP contribution in [0.3, 0.4) is 0 Å². The van der Waals surface area contributed by atoms with E-state index >= 15 is 0 Å². The summed E-state index contributed by atoms with van der Waals surface area (Å²) in [6, 6.07) is 0. The van der Waals surface area contributed by atoms with Crippen LogP contribution in [0.5, 0.6) is 0 Å². The third-order valence-corrected chi connectivity index (χ3v) is 12.6. The third kappa shape index (κ3) is 52.3. The molecule has 0 saturated heterocycles.